The summed E-state index contributed by atoms with van der Waals surface area (Å²) in [7, 11) is 1.83. The molecule has 0 saturated heterocycles. The van der Waals surface area contributed by atoms with E-state index >= 15 is 0 Å². The van der Waals surface area contributed by atoms with Gasteiger partial charge in [-0.25, -0.2) is 9.07 Å². The van der Waals surface area contributed by atoms with Crippen LogP contribution < -0.4 is 10.5 Å². The third kappa shape index (κ3) is 3.17. The predicted octanol–water partition coefficient (Wildman–Crippen LogP) is 2.94. The summed E-state index contributed by atoms with van der Waals surface area (Å²) in [6.07, 6.45) is 1.61. The van der Waals surface area contributed by atoms with Crippen LogP contribution in [0.3, 0.4) is 0 Å². The zero-order valence-electron chi connectivity index (χ0n) is 12.1. The molecule has 4 nitrogen and oxygen atoms in total. The summed E-state index contributed by atoms with van der Waals surface area (Å²) in [6, 6.07) is 6.02. The Kier molecular flexibility index (Phi) is 4.39. The minimum absolute atomic E-state index is 0.0773. The van der Waals surface area contributed by atoms with Crippen LogP contribution in [0, 0.1) is 12.7 Å². The van der Waals surface area contributed by atoms with E-state index in [1.165, 1.54) is 12.1 Å². The van der Waals surface area contributed by atoms with Crippen molar-refractivity contribution < 1.29 is 9.13 Å². The highest BCUT2D eigenvalue weighted by Gasteiger charge is 2.17. The van der Waals surface area contributed by atoms with Crippen molar-refractivity contribution >= 4 is 0 Å². The zero-order valence-corrected chi connectivity index (χ0v) is 12.1. The Labute approximate surface area is 118 Å². The lowest BCUT2D eigenvalue weighted by molar-refractivity contribution is 0.422. The molecule has 0 fully saturated rings. The van der Waals surface area contributed by atoms with Gasteiger partial charge in [-0.2, -0.15) is 5.10 Å². The Morgan fingerprint density at radius 2 is 2.00 bits per heavy atom. The SMILES string of the molecule is CCC(N)Cc1c(C)nn(C)c1Oc1ccc(F)cc1. The summed E-state index contributed by atoms with van der Waals surface area (Å²) in [4.78, 5) is 0. The van der Waals surface area contributed by atoms with Crippen LogP contribution in [0.4, 0.5) is 4.39 Å². The fourth-order valence-corrected chi connectivity index (χ4v) is 2.06. The fraction of sp³-hybridized carbons (Fsp3) is 0.400. The molecule has 2 N–H and O–H groups in total. The van der Waals surface area contributed by atoms with Gasteiger partial charge in [0.05, 0.1) is 5.69 Å². The molecule has 0 aliphatic carbocycles. The molecule has 1 heterocycles. The highest BCUT2D eigenvalue weighted by atomic mass is 19.1. The van der Waals surface area contributed by atoms with Gasteiger partial charge in [0, 0.05) is 18.7 Å². The highest BCUT2D eigenvalue weighted by Crippen LogP contribution is 2.28. The molecule has 0 aliphatic rings. The lowest BCUT2D eigenvalue weighted by atomic mass is 10.1. The van der Waals surface area contributed by atoms with E-state index in [0.717, 1.165) is 17.7 Å². The molecule has 0 bridgehead atoms. The van der Waals surface area contributed by atoms with E-state index < -0.39 is 0 Å². The van der Waals surface area contributed by atoms with Gasteiger partial charge in [-0.05, 0) is 44.0 Å². The molecule has 1 aromatic carbocycles. The first-order valence-corrected chi connectivity index (χ1v) is 6.72. The number of hydrogen-bond donors (Lipinski definition) is 1. The normalized spacial score (nSPS) is 12.4. The van der Waals surface area contributed by atoms with Crippen molar-refractivity contribution in [3.05, 3.63) is 41.3 Å². The largest absolute Gasteiger partial charge is 0.439 e. The van der Waals surface area contributed by atoms with Gasteiger partial charge in [0.15, 0.2) is 0 Å². The first kappa shape index (κ1) is 14.5. The minimum atomic E-state index is -0.285. The number of aromatic nitrogens is 2. The topological polar surface area (TPSA) is 53.1 Å². The lowest BCUT2D eigenvalue weighted by Crippen LogP contribution is -2.21. The van der Waals surface area contributed by atoms with Gasteiger partial charge >= 0.3 is 0 Å². The highest BCUT2D eigenvalue weighted by molar-refractivity contribution is 5.36. The quantitative estimate of drug-likeness (QED) is 0.914. The molecule has 0 aliphatic heterocycles. The number of halogens is 1. The molecule has 20 heavy (non-hydrogen) atoms. The van der Waals surface area contributed by atoms with Crippen LogP contribution in [-0.4, -0.2) is 15.8 Å². The van der Waals surface area contributed by atoms with Gasteiger partial charge in [-0.15, -0.1) is 0 Å². The maximum absolute atomic E-state index is 12.9. The predicted molar refractivity (Wildman–Crippen MR) is 76.4 cm³/mol. The smallest absolute Gasteiger partial charge is 0.221 e. The molecule has 0 spiro atoms. The molecule has 0 radical (unpaired) electrons. The van der Waals surface area contributed by atoms with E-state index in [9.17, 15) is 4.39 Å². The molecular weight excluding hydrogens is 257 g/mol. The second-order valence-corrected chi connectivity index (χ2v) is 4.92. The second kappa shape index (κ2) is 6.05. The van der Waals surface area contributed by atoms with Crippen LogP contribution in [0.15, 0.2) is 24.3 Å². The monoisotopic (exact) mass is 277 g/mol. The van der Waals surface area contributed by atoms with Crippen molar-refractivity contribution in [3.63, 3.8) is 0 Å². The number of ether oxygens (including phenoxy) is 1. The molecule has 108 valence electrons. The first-order valence-electron chi connectivity index (χ1n) is 6.72. The Morgan fingerprint density at radius 3 is 2.60 bits per heavy atom. The Hall–Kier alpha value is -1.88. The molecule has 1 atom stereocenters. The lowest BCUT2D eigenvalue weighted by Gasteiger charge is -2.12. The Bertz CT molecular complexity index is 578. The molecule has 1 unspecified atom stereocenters. The van der Waals surface area contributed by atoms with Gasteiger partial charge in [0.2, 0.25) is 5.88 Å². The van der Waals surface area contributed by atoms with Crippen LogP contribution in [0.25, 0.3) is 0 Å². The third-order valence-corrected chi connectivity index (χ3v) is 3.31. The average Bonchev–Trinajstić information content (AvgIpc) is 2.68. The van der Waals surface area contributed by atoms with Crippen LogP contribution in [0.1, 0.15) is 24.6 Å². The maximum atomic E-state index is 12.9. The third-order valence-electron chi connectivity index (χ3n) is 3.31. The molecule has 5 heteroatoms. The van der Waals surface area contributed by atoms with E-state index in [1.54, 1.807) is 16.8 Å². The van der Waals surface area contributed by atoms with Gasteiger partial charge in [0.1, 0.15) is 11.6 Å². The summed E-state index contributed by atoms with van der Waals surface area (Å²) >= 11 is 0. The van der Waals surface area contributed by atoms with Crippen LogP contribution in [-0.2, 0) is 13.5 Å². The van der Waals surface area contributed by atoms with Gasteiger partial charge in [0.25, 0.3) is 0 Å². The summed E-state index contributed by atoms with van der Waals surface area (Å²) in [5, 5.41) is 4.37. The number of benzene rings is 1. The minimum Gasteiger partial charge on any atom is -0.439 e. The van der Waals surface area contributed by atoms with Crippen molar-refractivity contribution in [2.24, 2.45) is 12.8 Å². The number of nitrogens with zero attached hydrogens (tertiary/aromatic N) is 2. The Morgan fingerprint density at radius 1 is 1.35 bits per heavy atom. The van der Waals surface area contributed by atoms with Crippen LogP contribution >= 0.6 is 0 Å². The molecule has 1 aromatic heterocycles. The van der Waals surface area contributed by atoms with Gasteiger partial charge < -0.3 is 10.5 Å². The van der Waals surface area contributed by atoms with Crippen molar-refractivity contribution in [1.29, 1.82) is 0 Å². The van der Waals surface area contributed by atoms with E-state index in [2.05, 4.69) is 12.0 Å². The second-order valence-electron chi connectivity index (χ2n) is 4.92. The molecule has 2 aromatic rings. The van der Waals surface area contributed by atoms with Crippen LogP contribution in [0.5, 0.6) is 11.6 Å². The number of hydrogen-bond acceptors (Lipinski definition) is 3. The molecule has 2 rings (SSSR count). The number of aryl methyl sites for hydroxylation is 2. The van der Waals surface area contributed by atoms with E-state index in [4.69, 9.17) is 10.5 Å². The van der Waals surface area contributed by atoms with E-state index in [1.807, 2.05) is 14.0 Å². The van der Waals surface area contributed by atoms with Gasteiger partial charge in [-0.1, -0.05) is 6.92 Å². The summed E-state index contributed by atoms with van der Waals surface area (Å²) < 4.78 is 20.4. The first-order chi connectivity index (χ1) is 9.51. The number of nitrogens with two attached hydrogens (primary N) is 1. The van der Waals surface area contributed by atoms with E-state index in [0.29, 0.717) is 18.1 Å². The number of rotatable bonds is 5. The maximum Gasteiger partial charge on any atom is 0.221 e. The van der Waals surface area contributed by atoms with E-state index in [-0.39, 0.29) is 11.9 Å². The fourth-order valence-electron chi connectivity index (χ4n) is 2.06. The standard InChI is InChI=1S/C15H20FN3O/c1-4-12(17)9-14-10(2)18-19(3)15(14)20-13-7-5-11(16)6-8-13/h5-8,12H,4,9,17H2,1-3H3. The average molecular weight is 277 g/mol. The van der Waals surface area contributed by atoms with Crippen molar-refractivity contribution in [2.45, 2.75) is 32.7 Å². The zero-order chi connectivity index (χ0) is 14.7. The summed E-state index contributed by atoms with van der Waals surface area (Å²) in [5.41, 5.74) is 7.94. The Balaban J connectivity index is 2.28. The summed E-state index contributed by atoms with van der Waals surface area (Å²) in [6.45, 7) is 3.99. The van der Waals surface area contributed by atoms with Crippen molar-refractivity contribution in [1.82, 2.24) is 9.78 Å². The summed E-state index contributed by atoms with van der Waals surface area (Å²) in [5.74, 6) is 0.963. The molecule has 0 amide bonds. The van der Waals surface area contributed by atoms with Crippen LogP contribution in [0.2, 0.25) is 0 Å². The molecular formula is C15H20FN3O. The van der Waals surface area contributed by atoms with Crippen molar-refractivity contribution in [3.8, 4) is 11.6 Å². The van der Waals surface area contributed by atoms with Gasteiger partial charge in [-0.3, -0.25) is 0 Å². The molecule has 0 saturated carbocycles. The van der Waals surface area contributed by atoms with Crippen molar-refractivity contribution in [2.75, 3.05) is 0 Å².